The molecule has 2 heterocycles. The van der Waals surface area contributed by atoms with Crippen molar-refractivity contribution in [2.45, 2.75) is 57.9 Å². The summed E-state index contributed by atoms with van der Waals surface area (Å²) in [7, 11) is -3.18. The number of sulfonamides is 1. The summed E-state index contributed by atoms with van der Waals surface area (Å²) in [5.74, 6) is -0.793. The van der Waals surface area contributed by atoms with Crippen molar-refractivity contribution < 1.29 is 23.1 Å². The van der Waals surface area contributed by atoms with Gasteiger partial charge in [-0.25, -0.2) is 12.7 Å². The first kappa shape index (κ1) is 19.2. The highest BCUT2D eigenvalue weighted by Crippen LogP contribution is 2.27. The molecule has 7 nitrogen and oxygen atoms in total. The van der Waals surface area contributed by atoms with Crippen molar-refractivity contribution in [1.29, 1.82) is 0 Å². The maximum atomic E-state index is 12.8. The Labute approximate surface area is 144 Å². The number of carbonyl (C=O) groups excluding carboxylic acids is 1. The Morgan fingerprint density at radius 2 is 1.75 bits per heavy atom. The van der Waals surface area contributed by atoms with Crippen molar-refractivity contribution in [3.05, 3.63) is 0 Å². The lowest BCUT2D eigenvalue weighted by molar-refractivity contribution is -0.143. The molecular weight excluding hydrogens is 332 g/mol. The van der Waals surface area contributed by atoms with E-state index in [0.29, 0.717) is 38.9 Å². The van der Waals surface area contributed by atoms with Gasteiger partial charge >= 0.3 is 5.97 Å². The summed E-state index contributed by atoms with van der Waals surface area (Å²) in [5, 5.41) is 8.88. The molecule has 2 aliphatic rings. The highest BCUT2D eigenvalue weighted by Gasteiger charge is 2.35. The van der Waals surface area contributed by atoms with E-state index in [0.717, 1.165) is 19.3 Å². The van der Waals surface area contributed by atoms with Gasteiger partial charge in [-0.15, -0.1) is 0 Å². The minimum Gasteiger partial charge on any atom is -0.481 e. The SMILES string of the molecule is CCS(=O)(=O)N1CCC(C(=O)N2CCCCC2CCC(=O)O)CC1. The van der Waals surface area contributed by atoms with Crippen molar-refractivity contribution >= 4 is 21.9 Å². The molecule has 0 spiro atoms. The van der Waals surface area contributed by atoms with Crippen LogP contribution in [0.25, 0.3) is 0 Å². The summed E-state index contributed by atoms with van der Waals surface area (Å²) in [5.41, 5.74) is 0. The molecule has 2 saturated heterocycles. The van der Waals surface area contributed by atoms with Gasteiger partial charge in [-0.1, -0.05) is 0 Å². The van der Waals surface area contributed by atoms with Crippen LogP contribution in [0.2, 0.25) is 0 Å². The molecule has 2 aliphatic heterocycles. The molecule has 0 aromatic heterocycles. The maximum absolute atomic E-state index is 12.8. The fourth-order valence-corrected chi connectivity index (χ4v) is 4.81. The lowest BCUT2D eigenvalue weighted by atomic mass is 9.92. The molecule has 2 fully saturated rings. The third-order valence-electron chi connectivity index (χ3n) is 5.16. The second kappa shape index (κ2) is 8.29. The molecule has 24 heavy (non-hydrogen) atoms. The third-order valence-corrected chi connectivity index (χ3v) is 7.04. The summed E-state index contributed by atoms with van der Waals surface area (Å²) >= 11 is 0. The van der Waals surface area contributed by atoms with Crippen LogP contribution in [0, 0.1) is 5.92 Å². The summed E-state index contributed by atoms with van der Waals surface area (Å²) in [6.07, 6.45) is 4.55. The number of likely N-dealkylation sites (tertiary alicyclic amines) is 1. The molecule has 2 rings (SSSR count). The monoisotopic (exact) mass is 360 g/mol. The fraction of sp³-hybridized carbons (Fsp3) is 0.875. The summed E-state index contributed by atoms with van der Waals surface area (Å²) in [4.78, 5) is 25.5. The Morgan fingerprint density at radius 3 is 2.33 bits per heavy atom. The summed E-state index contributed by atoms with van der Waals surface area (Å²) in [6, 6.07) is 0.0137. The largest absolute Gasteiger partial charge is 0.481 e. The van der Waals surface area contributed by atoms with Gasteiger partial charge in [0.15, 0.2) is 0 Å². The highest BCUT2D eigenvalue weighted by atomic mass is 32.2. The number of hydrogen-bond acceptors (Lipinski definition) is 4. The lowest BCUT2D eigenvalue weighted by Gasteiger charge is -2.39. The smallest absolute Gasteiger partial charge is 0.303 e. The van der Waals surface area contributed by atoms with Crippen LogP contribution in [-0.2, 0) is 19.6 Å². The number of aliphatic carboxylic acids is 1. The van der Waals surface area contributed by atoms with Crippen LogP contribution in [-0.4, -0.2) is 66.0 Å². The fourth-order valence-electron chi connectivity index (χ4n) is 3.68. The Balaban J connectivity index is 1.94. The van der Waals surface area contributed by atoms with Crippen LogP contribution in [0.5, 0.6) is 0 Å². The van der Waals surface area contributed by atoms with Gasteiger partial charge in [-0.05, 0) is 45.4 Å². The van der Waals surface area contributed by atoms with Crippen LogP contribution < -0.4 is 0 Å². The number of carbonyl (C=O) groups is 2. The van der Waals surface area contributed by atoms with Gasteiger partial charge in [-0.3, -0.25) is 9.59 Å². The first-order valence-corrected chi connectivity index (χ1v) is 10.5. The molecule has 1 unspecified atom stereocenters. The van der Waals surface area contributed by atoms with Crippen molar-refractivity contribution in [2.75, 3.05) is 25.4 Å². The molecule has 0 aromatic carbocycles. The van der Waals surface area contributed by atoms with Crippen LogP contribution >= 0.6 is 0 Å². The number of carboxylic acids is 1. The average Bonchev–Trinajstić information content (AvgIpc) is 2.59. The van der Waals surface area contributed by atoms with Gasteiger partial charge in [0.05, 0.1) is 5.75 Å². The van der Waals surface area contributed by atoms with Gasteiger partial charge in [0.1, 0.15) is 0 Å². The van der Waals surface area contributed by atoms with Gasteiger partial charge in [0, 0.05) is 38.0 Å². The summed E-state index contributed by atoms with van der Waals surface area (Å²) in [6.45, 7) is 3.13. The predicted molar refractivity (Wildman–Crippen MR) is 90.0 cm³/mol. The van der Waals surface area contributed by atoms with Crippen LogP contribution in [0.1, 0.15) is 51.9 Å². The Kier molecular flexibility index (Phi) is 6.62. The molecule has 1 atom stereocenters. The van der Waals surface area contributed by atoms with Crippen molar-refractivity contribution in [1.82, 2.24) is 9.21 Å². The zero-order valence-electron chi connectivity index (χ0n) is 14.3. The molecule has 1 amide bonds. The van der Waals surface area contributed by atoms with E-state index in [1.165, 1.54) is 4.31 Å². The van der Waals surface area contributed by atoms with E-state index in [1.54, 1.807) is 6.92 Å². The van der Waals surface area contributed by atoms with Crippen LogP contribution in [0.4, 0.5) is 0 Å². The standard InChI is InChI=1S/C16H28N2O5S/c1-2-24(22,23)17-11-8-13(9-12-17)16(21)18-10-4-3-5-14(18)6-7-15(19)20/h13-14H,2-12H2,1H3,(H,19,20). The molecule has 0 radical (unpaired) electrons. The van der Waals surface area contributed by atoms with E-state index in [2.05, 4.69) is 0 Å². The van der Waals surface area contributed by atoms with E-state index in [-0.39, 0.29) is 30.0 Å². The van der Waals surface area contributed by atoms with Gasteiger partial charge in [0.25, 0.3) is 0 Å². The molecular formula is C16H28N2O5S. The summed E-state index contributed by atoms with van der Waals surface area (Å²) < 4.78 is 25.3. The second-order valence-electron chi connectivity index (χ2n) is 6.69. The van der Waals surface area contributed by atoms with E-state index < -0.39 is 16.0 Å². The Bertz CT molecular complexity index is 555. The van der Waals surface area contributed by atoms with Crippen molar-refractivity contribution in [3.63, 3.8) is 0 Å². The number of hydrogen-bond donors (Lipinski definition) is 1. The predicted octanol–water partition coefficient (Wildman–Crippen LogP) is 1.29. The lowest BCUT2D eigenvalue weighted by Crippen LogP contribution is -2.49. The molecule has 1 N–H and O–H groups in total. The van der Waals surface area contributed by atoms with E-state index >= 15 is 0 Å². The molecule has 0 saturated carbocycles. The Morgan fingerprint density at radius 1 is 1.08 bits per heavy atom. The zero-order valence-corrected chi connectivity index (χ0v) is 15.1. The minimum absolute atomic E-state index is 0.0137. The minimum atomic E-state index is -3.18. The number of nitrogens with zero attached hydrogens (tertiary/aromatic N) is 2. The molecule has 0 bridgehead atoms. The number of amides is 1. The van der Waals surface area contributed by atoms with E-state index in [1.807, 2.05) is 4.90 Å². The first-order valence-electron chi connectivity index (χ1n) is 8.85. The molecule has 8 heteroatoms. The van der Waals surface area contributed by atoms with E-state index in [4.69, 9.17) is 5.11 Å². The van der Waals surface area contributed by atoms with Gasteiger partial charge in [-0.2, -0.15) is 0 Å². The van der Waals surface area contributed by atoms with Gasteiger partial charge < -0.3 is 10.0 Å². The van der Waals surface area contributed by atoms with Crippen LogP contribution in [0.3, 0.4) is 0 Å². The molecule has 138 valence electrons. The first-order chi connectivity index (χ1) is 11.3. The quantitative estimate of drug-likeness (QED) is 0.770. The topological polar surface area (TPSA) is 95.0 Å². The third kappa shape index (κ3) is 4.69. The second-order valence-corrected chi connectivity index (χ2v) is 8.95. The number of carboxylic acid groups (broad SMARTS) is 1. The number of piperidine rings is 2. The van der Waals surface area contributed by atoms with Gasteiger partial charge in [0.2, 0.25) is 15.9 Å². The van der Waals surface area contributed by atoms with Crippen molar-refractivity contribution in [3.8, 4) is 0 Å². The number of rotatable bonds is 6. The Hall–Kier alpha value is -1.15. The molecule has 0 aliphatic carbocycles. The van der Waals surface area contributed by atoms with Crippen molar-refractivity contribution in [2.24, 2.45) is 5.92 Å². The molecule has 0 aromatic rings. The maximum Gasteiger partial charge on any atom is 0.303 e. The highest BCUT2D eigenvalue weighted by molar-refractivity contribution is 7.89. The van der Waals surface area contributed by atoms with E-state index in [9.17, 15) is 18.0 Å². The average molecular weight is 360 g/mol. The zero-order chi connectivity index (χ0) is 17.7. The van der Waals surface area contributed by atoms with Crippen LogP contribution in [0.15, 0.2) is 0 Å². The normalized spacial score (nSPS) is 24.0.